The van der Waals surface area contributed by atoms with Crippen molar-refractivity contribution in [2.45, 2.75) is 38.8 Å². The molecule has 0 aliphatic heterocycles. The lowest BCUT2D eigenvalue weighted by molar-refractivity contribution is 0.160. The van der Waals surface area contributed by atoms with E-state index in [0.29, 0.717) is 16.6 Å². The summed E-state index contributed by atoms with van der Waals surface area (Å²) in [5, 5.41) is 14.3. The van der Waals surface area contributed by atoms with Gasteiger partial charge in [0.1, 0.15) is 0 Å². The maximum Gasteiger partial charge on any atom is 0.0915 e. The highest BCUT2D eigenvalue weighted by molar-refractivity contribution is 6.42. The fraction of sp³-hybridized carbons (Fsp3) is 0.538. The van der Waals surface area contributed by atoms with E-state index in [2.05, 4.69) is 26.1 Å². The molecule has 1 rings (SSSR count). The van der Waals surface area contributed by atoms with Gasteiger partial charge >= 0.3 is 0 Å². The summed E-state index contributed by atoms with van der Waals surface area (Å²) in [6.45, 7) is 6.82. The van der Waals surface area contributed by atoms with Crippen LogP contribution >= 0.6 is 23.2 Å². The van der Waals surface area contributed by atoms with E-state index in [0.717, 1.165) is 12.0 Å². The molecule has 0 bridgehead atoms. The highest BCUT2D eigenvalue weighted by atomic mass is 35.5. The number of β-amino-alcohol motifs (C(OH)–C–C–N with tert-alkyl or cyclic N) is 1. The van der Waals surface area contributed by atoms with Crippen LogP contribution in [0, 0.1) is 0 Å². The van der Waals surface area contributed by atoms with Crippen molar-refractivity contribution in [1.29, 1.82) is 0 Å². The highest BCUT2D eigenvalue weighted by Gasteiger charge is 2.17. The lowest BCUT2D eigenvalue weighted by Crippen LogP contribution is -2.40. The van der Waals surface area contributed by atoms with Crippen molar-refractivity contribution in [3.63, 3.8) is 0 Å². The minimum Gasteiger partial charge on any atom is -0.387 e. The molecule has 0 spiro atoms. The first-order valence-electron chi connectivity index (χ1n) is 5.74. The summed E-state index contributed by atoms with van der Waals surface area (Å²) in [5.41, 5.74) is 0.802. The molecule has 0 aliphatic rings. The van der Waals surface area contributed by atoms with Gasteiger partial charge in [-0.25, -0.2) is 0 Å². The molecule has 0 aliphatic carbocycles. The van der Waals surface area contributed by atoms with E-state index in [1.165, 1.54) is 0 Å². The van der Waals surface area contributed by atoms with E-state index in [1.54, 1.807) is 18.2 Å². The van der Waals surface area contributed by atoms with Gasteiger partial charge in [0.15, 0.2) is 0 Å². The molecule has 0 aromatic heterocycles. The average Bonchev–Trinajstić information content (AvgIpc) is 2.30. The zero-order valence-corrected chi connectivity index (χ0v) is 11.9. The summed E-state index contributed by atoms with van der Waals surface area (Å²) >= 11 is 11.7. The van der Waals surface area contributed by atoms with E-state index in [-0.39, 0.29) is 5.54 Å². The largest absolute Gasteiger partial charge is 0.387 e. The topological polar surface area (TPSA) is 32.3 Å². The van der Waals surface area contributed by atoms with Gasteiger partial charge in [-0.2, -0.15) is 0 Å². The van der Waals surface area contributed by atoms with Gasteiger partial charge in [0.25, 0.3) is 0 Å². The minimum atomic E-state index is -0.574. The van der Waals surface area contributed by atoms with Crippen molar-refractivity contribution in [2.24, 2.45) is 0 Å². The number of aliphatic hydroxyl groups is 1. The quantitative estimate of drug-likeness (QED) is 0.857. The fourth-order valence-corrected chi connectivity index (χ4v) is 1.64. The summed E-state index contributed by atoms with van der Waals surface area (Å²) in [6.07, 6.45) is 0.428. The first-order valence-corrected chi connectivity index (χ1v) is 6.49. The zero-order valence-electron chi connectivity index (χ0n) is 10.4. The first kappa shape index (κ1) is 14.8. The SMILES string of the molecule is CCC(C)(C)NCC(O)c1ccc(Cl)c(Cl)c1. The monoisotopic (exact) mass is 275 g/mol. The van der Waals surface area contributed by atoms with Crippen LogP contribution in [0.1, 0.15) is 38.9 Å². The summed E-state index contributed by atoms with van der Waals surface area (Å²) in [4.78, 5) is 0. The smallest absolute Gasteiger partial charge is 0.0915 e. The molecule has 17 heavy (non-hydrogen) atoms. The van der Waals surface area contributed by atoms with Gasteiger partial charge < -0.3 is 10.4 Å². The normalized spacial score (nSPS) is 13.8. The Morgan fingerprint density at radius 2 is 1.94 bits per heavy atom. The van der Waals surface area contributed by atoms with Gasteiger partial charge in [0.2, 0.25) is 0 Å². The molecule has 0 amide bonds. The molecule has 0 radical (unpaired) electrons. The van der Waals surface area contributed by atoms with Crippen LogP contribution in [0.4, 0.5) is 0 Å². The summed E-state index contributed by atoms with van der Waals surface area (Å²) in [7, 11) is 0. The van der Waals surface area contributed by atoms with E-state index in [1.807, 2.05) is 0 Å². The molecule has 0 saturated heterocycles. The Morgan fingerprint density at radius 3 is 2.47 bits per heavy atom. The predicted octanol–water partition coefficient (Wildman–Crippen LogP) is 3.81. The van der Waals surface area contributed by atoms with Crippen LogP contribution in [0.2, 0.25) is 10.0 Å². The fourth-order valence-electron chi connectivity index (χ4n) is 1.34. The molecule has 1 atom stereocenters. The van der Waals surface area contributed by atoms with E-state index in [9.17, 15) is 5.11 Å². The summed E-state index contributed by atoms with van der Waals surface area (Å²) < 4.78 is 0. The molecule has 1 aromatic carbocycles. The number of hydrogen-bond donors (Lipinski definition) is 2. The van der Waals surface area contributed by atoms with Crippen LogP contribution in [-0.4, -0.2) is 17.2 Å². The lowest BCUT2D eigenvalue weighted by atomic mass is 10.0. The molecule has 96 valence electrons. The van der Waals surface area contributed by atoms with Crippen molar-refractivity contribution in [3.05, 3.63) is 33.8 Å². The Bertz CT molecular complexity index is 380. The third-order valence-electron chi connectivity index (χ3n) is 2.99. The van der Waals surface area contributed by atoms with Crippen molar-refractivity contribution < 1.29 is 5.11 Å². The molecular weight excluding hydrogens is 257 g/mol. The van der Waals surface area contributed by atoms with Gasteiger partial charge in [-0.15, -0.1) is 0 Å². The Balaban J connectivity index is 2.64. The molecule has 2 nitrogen and oxygen atoms in total. The molecule has 0 heterocycles. The predicted molar refractivity (Wildman–Crippen MR) is 73.8 cm³/mol. The molecule has 0 fully saturated rings. The summed E-state index contributed by atoms with van der Waals surface area (Å²) in [6, 6.07) is 5.20. The Morgan fingerprint density at radius 1 is 1.29 bits per heavy atom. The van der Waals surface area contributed by atoms with Crippen LogP contribution in [0.25, 0.3) is 0 Å². The second kappa shape index (κ2) is 6.05. The maximum atomic E-state index is 10.0. The van der Waals surface area contributed by atoms with Crippen molar-refractivity contribution in [3.8, 4) is 0 Å². The van der Waals surface area contributed by atoms with Gasteiger partial charge in [-0.3, -0.25) is 0 Å². The maximum absolute atomic E-state index is 10.0. The standard InChI is InChI=1S/C13H19Cl2NO/c1-4-13(2,3)16-8-12(17)9-5-6-10(14)11(15)7-9/h5-7,12,16-17H,4,8H2,1-3H3. The van der Waals surface area contributed by atoms with Crippen LogP contribution in [0.5, 0.6) is 0 Å². The van der Waals surface area contributed by atoms with Crippen molar-refractivity contribution in [1.82, 2.24) is 5.32 Å². The number of rotatable bonds is 5. The lowest BCUT2D eigenvalue weighted by Gasteiger charge is -2.26. The molecule has 1 unspecified atom stereocenters. The molecule has 4 heteroatoms. The van der Waals surface area contributed by atoms with Crippen LogP contribution in [0.3, 0.4) is 0 Å². The summed E-state index contributed by atoms with van der Waals surface area (Å²) in [5.74, 6) is 0. The van der Waals surface area contributed by atoms with Crippen LogP contribution in [0.15, 0.2) is 18.2 Å². The molecular formula is C13H19Cl2NO. The van der Waals surface area contributed by atoms with Crippen molar-refractivity contribution >= 4 is 23.2 Å². The van der Waals surface area contributed by atoms with Gasteiger partial charge in [0.05, 0.1) is 16.1 Å². The third-order valence-corrected chi connectivity index (χ3v) is 3.73. The molecule has 1 aromatic rings. The number of benzene rings is 1. The zero-order chi connectivity index (χ0) is 13.1. The molecule has 0 saturated carbocycles. The van der Waals surface area contributed by atoms with Crippen molar-refractivity contribution in [2.75, 3.05) is 6.54 Å². The van der Waals surface area contributed by atoms with E-state index >= 15 is 0 Å². The van der Waals surface area contributed by atoms with E-state index < -0.39 is 6.10 Å². The average molecular weight is 276 g/mol. The second-order valence-corrected chi connectivity index (χ2v) is 5.62. The Labute approximate surface area is 113 Å². The highest BCUT2D eigenvalue weighted by Crippen LogP contribution is 2.25. The third kappa shape index (κ3) is 4.47. The van der Waals surface area contributed by atoms with Crippen LogP contribution < -0.4 is 5.32 Å². The Hall–Kier alpha value is -0.280. The first-order chi connectivity index (χ1) is 7.85. The van der Waals surface area contributed by atoms with Gasteiger partial charge in [-0.1, -0.05) is 36.2 Å². The van der Waals surface area contributed by atoms with E-state index in [4.69, 9.17) is 23.2 Å². The number of halogens is 2. The van der Waals surface area contributed by atoms with Gasteiger partial charge in [-0.05, 0) is 38.0 Å². The Kier molecular flexibility index (Phi) is 5.26. The number of nitrogens with one attached hydrogen (secondary N) is 1. The van der Waals surface area contributed by atoms with Crippen LogP contribution in [-0.2, 0) is 0 Å². The minimum absolute atomic E-state index is 0.0250. The molecule has 2 N–H and O–H groups in total. The number of hydrogen-bond acceptors (Lipinski definition) is 2. The number of aliphatic hydroxyl groups excluding tert-OH is 1. The van der Waals surface area contributed by atoms with Gasteiger partial charge in [0, 0.05) is 12.1 Å². The second-order valence-electron chi connectivity index (χ2n) is 4.81.